The lowest BCUT2D eigenvalue weighted by Gasteiger charge is -2.10. The highest BCUT2D eigenvalue weighted by molar-refractivity contribution is 5.13. The number of fused-ring (bicyclic) bond motifs is 1. The Kier molecular flexibility index (Phi) is 1.53. The van der Waals surface area contributed by atoms with Crippen molar-refractivity contribution in [1.82, 2.24) is 10.3 Å². The van der Waals surface area contributed by atoms with E-state index >= 15 is 0 Å². The molecule has 0 amide bonds. The van der Waals surface area contributed by atoms with Crippen molar-refractivity contribution in [2.24, 2.45) is 0 Å². The number of hydrogen-bond acceptors (Lipinski definition) is 5. The second kappa shape index (κ2) is 2.54. The molecular weight excluding hydrogens is 162 g/mol. The summed E-state index contributed by atoms with van der Waals surface area (Å²) in [5, 5.41) is 17.6. The Morgan fingerprint density at radius 1 is 1.58 bits per heavy atom. The van der Waals surface area contributed by atoms with Gasteiger partial charge in [-0.15, -0.1) is 0 Å². The van der Waals surface area contributed by atoms with Gasteiger partial charge in [0.05, 0.1) is 0 Å². The summed E-state index contributed by atoms with van der Waals surface area (Å²) in [6, 6.07) is -0.708. The van der Waals surface area contributed by atoms with Crippen LogP contribution >= 0.6 is 0 Å². The minimum Gasteiger partial charge on any atom is -0.264 e. The molecule has 0 saturated carbocycles. The molecule has 0 N–H and O–H groups in total. The van der Waals surface area contributed by atoms with Gasteiger partial charge in [0.25, 0.3) is 6.04 Å². The summed E-state index contributed by atoms with van der Waals surface area (Å²) in [4.78, 5) is 10.2. The van der Waals surface area contributed by atoms with E-state index in [9.17, 15) is 10.1 Å². The van der Waals surface area contributed by atoms with Gasteiger partial charge in [0.1, 0.15) is 5.69 Å². The molecule has 6 nitrogen and oxygen atoms in total. The van der Waals surface area contributed by atoms with E-state index in [1.807, 2.05) is 0 Å². The van der Waals surface area contributed by atoms with Crippen LogP contribution in [0.1, 0.15) is 30.3 Å². The van der Waals surface area contributed by atoms with Crippen LogP contribution in [-0.4, -0.2) is 15.2 Å². The third kappa shape index (κ3) is 0.956. The van der Waals surface area contributed by atoms with Crippen LogP contribution in [0.15, 0.2) is 4.63 Å². The Morgan fingerprint density at radius 2 is 2.42 bits per heavy atom. The number of nitro groups is 1. The summed E-state index contributed by atoms with van der Waals surface area (Å²) in [6.07, 6.45) is 2.06. The monoisotopic (exact) mass is 169 g/mol. The van der Waals surface area contributed by atoms with E-state index in [4.69, 9.17) is 0 Å². The first kappa shape index (κ1) is 7.20. The van der Waals surface area contributed by atoms with E-state index in [1.54, 1.807) is 0 Å². The third-order valence-corrected chi connectivity index (χ3v) is 2.05. The average molecular weight is 169 g/mol. The van der Waals surface area contributed by atoms with Crippen LogP contribution in [0, 0.1) is 10.1 Å². The fourth-order valence-corrected chi connectivity index (χ4v) is 1.44. The van der Waals surface area contributed by atoms with Crippen molar-refractivity contribution in [2.75, 3.05) is 0 Å². The first-order chi connectivity index (χ1) is 5.79. The number of aryl methyl sites for hydroxylation is 1. The van der Waals surface area contributed by atoms with Crippen LogP contribution in [-0.2, 0) is 6.42 Å². The van der Waals surface area contributed by atoms with E-state index in [1.165, 1.54) is 0 Å². The molecule has 6 heteroatoms. The molecule has 0 unspecified atom stereocenters. The Balaban J connectivity index is 2.37. The summed E-state index contributed by atoms with van der Waals surface area (Å²) in [5.41, 5.74) is 1.05. The second-order valence-electron chi connectivity index (χ2n) is 2.79. The first-order valence-electron chi connectivity index (χ1n) is 3.74. The molecule has 12 heavy (non-hydrogen) atoms. The molecule has 1 atom stereocenters. The van der Waals surface area contributed by atoms with Crippen LogP contribution in [0.3, 0.4) is 0 Å². The molecule has 2 rings (SSSR count). The maximum atomic E-state index is 10.5. The molecule has 1 aromatic rings. The average Bonchev–Trinajstić information content (AvgIpc) is 2.49. The van der Waals surface area contributed by atoms with E-state index in [0.717, 1.165) is 12.8 Å². The van der Waals surface area contributed by atoms with Crippen LogP contribution in [0.4, 0.5) is 0 Å². The van der Waals surface area contributed by atoms with Crippen molar-refractivity contribution in [3.05, 3.63) is 21.5 Å². The normalized spacial score (nSPS) is 21.8. The highest BCUT2D eigenvalue weighted by Gasteiger charge is 2.33. The maximum absolute atomic E-state index is 10.5. The Hall–Kier alpha value is -1.46. The maximum Gasteiger partial charge on any atom is 0.259 e. The van der Waals surface area contributed by atoms with Crippen molar-refractivity contribution in [2.45, 2.75) is 25.3 Å². The fourth-order valence-electron chi connectivity index (χ4n) is 1.44. The molecule has 1 aromatic heterocycles. The van der Waals surface area contributed by atoms with Crippen molar-refractivity contribution in [1.29, 1.82) is 0 Å². The molecule has 1 aliphatic carbocycles. The molecule has 0 aromatic carbocycles. The highest BCUT2D eigenvalue weighted by Crippen LogP contribution is 2.28. The molecule has 1 heterocycles. The summed E-state index contributed by atoms with van der Waals surface area (Å²) < 4.78 is 4.44. The van der Waals surface area contributed by atoms with E-state index in [0.29, 0.717) is 17.8 Å². The number of nitrogens with zero attached hydrogens (tertiary/aromatic N) is 3. The first-order valence-corrected chi connectivity index (χ1v) is 3.74. The van der Waals surface area contributed by atoms with Crippen LogP contribution in [0.25, 0.3) is 0 Å². The highest BCUT2D eigenvalue weighted by atomic mass is 16.6. The molecule has 0 spiro atoms. The topological polar surface area (TPSA) is 82.1 Å². The smallest absolute Gasteiger partial charge is 0.259 e. The zero-order chi connectivity index (χ0) is 8.55. The molecular formula is C6H7N3O3. The standard InChI is InChI=1S/C6H7N3O3/c10-9(11)5-3-1-2-4-6(5)8-12-7-4/h5H,1-3H2/t5-/m1/s1. The third-order valence-electron chi connectivity index (χ3n) is 2.05. The molecule has 0 saturated heterocycles. The number of rotatable bonds is 1. The van der Waals surface area contributed by atoms with Crippen LogP contribution in [0.2, 0.25) is 0 Å². The summed E-state index contributed by atoms with van der Waals surface area (Å²) in [5.74, 6) is 0. The van der Waals surface area contributed by atoms with Gasteiger partial charge in [-0.3, -0.25) is 10.1 Å². The lowest BCUT2D eigenvalue weighted by Crippen LogP contribution is -2.17. The largest absolute Gasteiger partial charge is 0.264 e. The minimum absolute atomic E-state index is 0.331. The summed E-state index contributed by atoms with van der Waals surface area (Å²) >= 11 is 0. The van der Waals surface area contributed by atoms with Gasteiger partial charge in [-0.25, -0.2) is 4.63 Å². The van der Waals surface area contributed by atoms with Gasteiger partial charge in [0.15, 0.2) is 5.69 Å². The van der Waals surface area contributed by atoms with Gasteiger partial charge >= 0.3 is 0 Å². The molecule has 0 radical (unpaired) electrons. The quantitative estimate of drug-likeness (QED) is 0.457. The lowest BCUT2D eigenvalue weighted by molar-refractivity contribution is -0.531. The molecule has 0 fully saturated rings. The Labute approximate surface area is 67.7 Å². The van der Waals surface area contributed by atoms with Crippen molar-refractivity contribution < 1.29 is 9.55 Å². The van der Waals surface area contributed by atoms with E-state index < -0.39 is 6.04 Å². The second-order valence-corrected chi connectivity index (χ2v) is 2.79. The Morgan fingerprint density at radius 3 is 3.17 bits per heavy atom. The van der Waals surface area contributed by atoms with Gasteiger partial charge in [-0.05, 0) is 18.0 Å². The van der Waals surface area contributed by atoms with Gasteiger partial charge in [0.2, 0.25) is 0 Å². The van der Waals surface area contributed by atoms with Gasteiger partial charge in [0, 0.05) is 11.3 Å². The zero-order valence-electron chi connectivity index (χ0n) is 6.27. The van der Waals surface area contributed by atoms with Crippen molar-refractivity contribution in [3.8, 4) is 0 Å². The number of aromatic nitrogens is 2. The van der Waals surface area contributed by atoms with Crippen molar-refractivity contribution >= 4 is 0 Å². The van der Waals surface area contributed by atoms with Gasteiger partial charge < -0.3 is 0 Å². The fraction of sp³-hybridized carbons (Fsp3) is 0.667. The van der Waals surface area contributed by atoms with Crippen molar-refractivity contribution in [3.63, 3.8) is 0 Å². The molecule has 1 aliphatic rings. The minimum atomic E-state index is -0.708. The lowest BCUT2D eigenvalue weighted by atomic mass is 9.97. The zero-order valence-corrected chi connectivity index (χ0v) is 6.27. The Bertz CT molecular complexity index is 309. The van der Waals surface area contributed by atoms with Gasteiger partial charge in [-0.2, -0.15) is 0 Å². The molecule has 64 valence electrons. The van der Waals surface area contributed by atoms with Gasteiger partial charge in [-0.1, -0.05) is 5.16 Å². The number of hydrogen-bond donors (Lipinski definition) is 0. The SMILES string of the molecule is O=[N+]([O-])[C@@H]1CCCc2nonc21. The molecule has 0 aliphatic heterocycles. The van der Waals surface area contributed by atoms with Crippen LogP contribution < -0.4 is 0 Å². The van der Waals surface area contributed by atoms with E-state index in [2.05, 4.69) is 14.9 Å². The summed E-state index contributed by atoms with van der Waals surface area (Å²) in [7, 11) is 0. The predicted octanol–water partition coefficient (Wildman–Crippen LogP) is 0.724. The van der Waals surface area contributed by atoms with Crippen LogP contribution in [0.5, 0.6) is 0 Å². The summed E-state index contributed by atoms with van der Waals surface area (Å²) in [6.45, 7) is 0. The van der Waals surface area contributed by atoms with E-state index in [-0.39, 0.29) is 4.92 Å². The molecule has 0 bridgehead atoms. The predicted molar refractivity (Wildman–Crippen MR) is 37.0 cm³/mol.